The topological polar surface area (TPSA) is 80.5 Å². The lowest BCUT2D eigenvalue weighted by atomic mass is 9.78. The number of anilines is 1. The van der Waals surface area contributed by atoms with Gasteiger partial charge in [0.05, 0.1) is 29.2 Å². The Balaban J connectivity index is 1.33. The maximum Gasteiger partial charge on any atom is 0.307 e. The molecule has 1 saturated carbocycles. The number of imidazole rings is 1. The van der Waals surface area contributed by atoms with Crippen molar-refractivity contribution < 1.29 is 27.8 Å². The first-order chi connectivity index (χ1) is 20.7. The molecule has 43 heavy (non-hydrogen) atoms. The number of aromatic nitrogens is 3. The Morgan fingerprint density at radius 2 is 1.86 bits per heavy atom. The lowest BCUT2D eigenvalue weighted by molar-refractivity contribution is -0.143. The summed E-state index contributed by atoms with van der Waals surface area (Å²) in [7, 11) is 0. The number of benzene rings is 2. The molecule has 10 heteroatoms. The Labute approximate surface area is 248 Å². The van der Waals surface area contributed by atoms with E-state index in [1.54, 1.807) is 23.2 Å². The van der Waals surface area contributed by atoms with E-state index in [4.69, 9.17) is 9.72 Å². The third kappa shape index (κ3) is 6.33. The molecule has 7 nitrogen and oxygen atoms in total. The van der Waals surface area contributed by atoms with Crippen LogP contribution in [0, 0.1) is 18.7 Å². The van der Waals surface area contributed by atoms with Crippen LogP contribution in [0.5, 0.6) is 5.75 Å². The number of halogens is 3. The molecule has 0 radical (unpaired) electrons. The van der Waals surface area contributed by atoms with E-state index in [1.165, 1.54) is 6.07 Å². The van der Waals surface area contributed by atoms with Crippen LogP contribution in [0.2, 0.25) is 0 Å². The van der Waals surface area contributed by atoms with Gasteiger partial charge in [-0.1, -0.05) is 25.0 Å². The summed E-state index contributed by atoms with van der Waals surface area (Å²) in [6.45, 7) is 2.72. The zero-order valence-electron chi connectivity index (χ0n) is 24.1. The SMILES string of the molecule is Cc1ccc(COc2ccc3nc([C@H]4CCCC[C@H]4C(=O)O)n(Cc4ccc(N5CCC(F)(F)CC5)cc4F)c3c2)nc1. The van der Waals surface area contributed by atoms with Crippen LogP contribution < -0.4 is 9.64 Å². The fraction of sp³-hybridized carbons (Fsp3) is 0.424. The summed E-state index contributed by atoms with van der Waals surface area (Å²) in [5, 5.41) is 10.0. The van der Waals surface area contributed by atoms with Crippen LogP contribution in [-0.4, -0.2) is 44.6 Å². The van der Waals surface area contributed by atoms with E-state index in [1.807, 2.05) is 41.8 Å². The van der Waals surface area contributed by atoms with Crippen molar-refractivity contribution >= 4 is 22.7 Å². The molecule has 3 heterocycles. The number of piperidine rings is 1. The summed E-state index contributed by atoms with van der Waals surface area (Å²) in [6.07, 6.45) is 4.27. The maximum atomic E-state index is 15.6. The van der Waals surface area contributed by atoms with E-state index in [2.05, 4.69) is 4.98 Å². The summed E-state index contributed by atoms with van der Waals surface area (Å²) in [4.78, 5) is 23.3. The zero-order chi connectivity index (χ0) is 30.1. The minimum absolute atomic E-state index is 0.141. The third-order valence-electron chi connectivity index (χ3n) is 8.75. The van der Waals surface area contributed by atoms with Gasteiger partial charge in [-0.2, -0.15) is 0 Å². The van der Waals surface area contributed by atoms with Gasteiger partial charge >= 0.3 is 5.97 Å². The van der Waals surface area contributed by atoms with Gasteiger partial charge in [-0.15, -0.1) is 0 Å². The summed E-state index contributed by atoms with van der Waals surface area (Å²) in [6, 6.07) is 14.3. The molecule has 0 amide bonds. The fourth-order valence-electron chi connectivity index (χ4n) is 6.26. The van der Waals surface area contributed by atoms with Crippen LogP contribution in [0.15, 0.2) is 54.7 Å². The van der Waals surface area contributed by atoms with Crippen molar-refractivity contribution in [2.75, 3.05) is 18.0 Å². The Bertz CT molecular complexity index is 1610. The quantitative estimate of drug-likeness (QED) is 0.235. The van der Waals surface area contributed by atoms with E-state index in [0.717, 1.165) is 29.6 Å². The number of ether oxygens (including phenoxy) is 1. The number of fused-ring (bicyclic) bond motifs is 1. The highest BCUT2D eigenvalue weighted by atomic mass is 19.3. The number of carboxylic acid groups (broad SMARTS) is 1. The molecule has 1 aliphatic carbocycles. The Morgan fingerprint density at radius 3 is 2.58 bits per heavy atom. The largest absolute Gasteiger partial charge is 0.487 e. The summed E-state index contributed by atoms with van der Waals surface area (Å²) >= 11 is 0. The monoisotopic (exact) mass is 592 g/mol. The number of carbonyl (C=O) groups is 1. The fourth-order valence-corrected chi connectivity index (χ4v) is 6.26. The highest BCUT2D eigenvalue weighted by Gasteiger charge is 2.36. The Kier molecular flexibility index (Phi) is 8.03. The van der Waals surface area contributed by atoms with Crippen molar-refractivity contribution in [2.24, 2.45) is 5.92 Å². The summed E-state index contributed by atoms with van der Waals surface area (Å²) in [5.74, 6) is -3.63. The van der Waals surface area contributed by atoms with Crippen LogP contribution in [0.4, 0.5) is 18.9 Å². The van der Waals surface area contributed by atoms with Gasteiger partial charge in [0.25, 0.3) is 5.92 Å². The highest BCUT2D eigenvalue weighted by Crippen LogP contribution is 2.40. The first kappa shape index (κ1) is 29.0. The molecule has 0 bridgehead atoms. The van der Waals surface area contributed by atoms with Gasteiger partial charge in [0.15, 0.2) is 0 Å². The molecular formula is C33H35F3N4O3. The molecule has 6 rings (SSSR count). The molecule has 0 unspecified atom stereocenters. The first-order valence-electron chi connectivity index (χ1n) is 14.9. The lowest BCUT2D eigenvalue weighted by Gasteiger charge is -2.33. The van der Waals surface area contributed by atoms with Crippen molar-refractivity contribution in [1.82, 2.24) is 14.5 Å². The number of hydrogen-bond donors (Lipinski definition) is 1. The molecule has 2 atom stereocenters. The second-order valence-electron chi connectivity index (χ2n) is 11.8. The molecule has 0 spiro atoms. The predicted molar refractivity (Wildman–Crippen MR) is 157 cm³/mol. The minimum atomic E-state index is -2.68. The summed E-state index contributed by atoms with van der Waals surface area (Å²) < 4.78 is 50.9. The van der Waals surface area contributed by atoms with Gasteiger partial charge in [0.1, 0.15) is 24.0 Å². The number of carboxylic acids is 1. The highest BCUT2D eigenvalue weighted by molar-refractivity contribution is 5.79. The van der Waals surface area contributed by atoms with Gasteiger partial charge in [-0.3, -0.25) is 9.78 Å². The van der Waals surface area contributed by atoms with Crippen LogP contribution in [0.1, 0.15) is 67.1 Å². The van der Waals surface area contributed by atoms with E-state index in [-0.39, 0.29) is 45.0 Å². The molecular weight excluding hydrogens is 557 g/mol. The number of rotatable bonds is 8. The van der Waals surface area contributed by atoms with Crippen LogP contribution >= 0.6 is 0 Å². The van der Waals surface area contributed by atoms with Gasteiger partial charge in [0.2, 0.25) is 0 Å². The second-order valence-corrected chi connectivity index (χ2v) is 11.8. The van der Waals surface area contributed by atoms with Crippen molar-refractivity contribution in [2.45, 2.75) is 70.4 Å². The minimum Gasteiger partial charge on any atom is -0.487 e. The number of pyridine rings is 1. The molecule has 2 fully saturated rings. The standard InChI is InChI=1S/C33H35F3N4O3/c1-21-6-8-23(37-18-21)20-43-25-10-11-29-30(17-25)40(31(38-29)26-4-2-3-5-27(26)32(41)42)19-22-7-9-24(16-28(22)34)39-14-12-33(35,36)13-15-39/h6-11,16-18,26-27H,2-5,12-15,19-20H2,1H3,(H,41,42)/t26-,27+/m0/s1. The zero-order valence-corrected chi connectivity index (χ0v) is 24.1. The van der Waals surface area contributed by atoms with E-state index in [9.17, 15) is 18.7 Å². The lowest BCUT2D eigenvalue weighted by Crippen LogP contribution is -2.39. The van der Waals surface area contributed by atoms with Gasteiger partial charge in [-0.05, 0) is 55.7 Å². The molecule has 4 aromatic rings. The van der Waals surface area contributed by atoms with Crippen molar-refractivity contribution in [3.63, 3.8) is 0 Å². The number of aliphatic carboxylic acids is 1. The average molecular weight is 593 g/mol. The molecule has 2 aliphatic rings. The van der Waals surface area contributed by atoms with Crippen molar-refractivity contribution in [3.05, 3.63) is 83.2 Å². The molecule has 2 aromatic carbocycles. The van der Waals surface area contributed by atoms with Gasteiger partial charge in [0, 0.05) is 55.4 Å². The number of aryl methyl sites for hydroxylation is 1. The number of alkyl halides is 2. The van der Waals surface area contributed by atoms with Gasteiger partial charge in [-0.25, -0.2) is 18.2 Å². The molecule has 1 saturated heterocycles. The van der Waals surface area contributed by atoms with Crippen LogP contribution in [0.25, 0.3) is 11.0 Å². The third-order valence-corrected chi connectivity index (χ3v) is 8.75. The average Bonchev–Trinajstić information content (AvgIpc) is 3.35. The van der Waals surface area contributed by atoms with Crippen LogP contribution in [-0.2, 0) is 17.9 Å². The number of hydrogen-bond acceptors (Lipinski definition) is 5. The van der Waals surface area contributed by atoms with Crippen LogP contribution in [0.3, 0.4) is 0 Å². The van der Waals surface area contributed by atoms with Crippen molar-refractivity contribution in [3.8, 4) is 5.75 Å². The van der Waals surface area contributed by atoms with Crippen molar-refractivity contribution in [1.29, 1.82) is 0 Å². The van der Waals surface area contributed by atoms with E-state index in [0.29, 0.717) is 41.2 Å². The van der Waals surface area contributed by atoms with E-state index < -0.39 is 23.6 Å². The predicted octanol–water partition coefficient (Wildman–Crippen LogP) is 7.10. The molecule has 2 aromatic heterocycles. The molecule has 1 N–H and O–H groups in total. The Morgan fingerprint density at radius 1 is 1.07 bits per heavy atom. The normalized spacial score (nSPS) is 20.3. The Hall–Kier alpha value is -4.08. The maximum absolute atomic E-state index is 15.6. The first-order valence-corrected chi connectivity index (χ1v) is 14.9. The smallest absolute Gasteiger partial charge is 0.307 e. The van der Waals surface area contributed by atoms with E-state index >= 15 is 4.39 Å². The van der Waals surface area contributed by atoms with Gasteiger partial charge < -0.3 is 19.3 Å². The molecule has 1 aliphatic heterocycles. The summed E-state index contributed by atoms with van der Waals surface area (Å²) in [5.41, 5.74) is 4.22. The molecule has 226 valence electrons. The number of nitrogens with zero attached hydrogens (tertiary/aromatic N) is 4. The second kappa shape index (κ2) is 11.9.